The molecule has 13 nitrogen and oxygen atoms in total. The lowest BCUT2D eigenvalue weighted by Gasteiger charge is -2.27. The van der Waals surface area contributed by atoms with Crippen molar-refractivity contribution in [2.45, 2.75) is 83.3 Å². The number of aliphatic imine (C=N–C) groups is 2. The second-order valence-corrected chi connectivity index (χ2v) is 18.0. The van der Waals surface area contributed by atoms with E-state index in [1.807, 2.05) is 68.1 Å². The highest BCUT2D eigenvalue weighted by Gasteiger charge is 2.36. The number of nitrogens with one attached hydrogen (secondary N) is 1. The van der Waals surface area contributed by atoms with E-state index in [4.69, 9.17) is 33.7 Å². The molecule has 7 rings (SSSR count). The lowest BCUT2D eigenvalue weighted by Crippen LogP contribution is -2.35. The number of nitrogens with zero attached hydrogens (tertiary/aromatic N) is 4. The Labute approximate surface area is 374 Å². The van der Waals surface area contributed by atoms with Crippen LogP contribution >= 0.6 is 25.3 Å². The fourth-order valence-corrected chi connectivity index (χ4v) is 8.10. The van der Waals surface area contributed by atoms with Gasteiger partial charge in [-0.2, -0.15) is 25.3 Å². The van der Waals surface area contributed by atoms with Gasteiger partial charge >= 0.3 is 0 Å². The van der Waals surface area contributed by atoms with Crippen LogP contribution in [0.25, 0.3) is 0 Å². The van der Waals surface area contributed by atoms with E-state index in [-0.39, 0.29) is 59.6 Å². The van der Waals surface area contributed by atoms with Crippen LogP contribution in [0, 0.1) is 5.41 Å². The van der Waals surface area contributed by atoms with E-state index in [1.165, 1.54) is 25.4 Å². The van der Waals surface area contributed by atoms with Crippen LogP contribution in [0.5, 0.6) is 28.7 Å². The van der Waals surface area contributed by atoms with Gasteiger partial charge in [-0.05, 0) is 80.0 Å². The molecule has 4 aliphatic heterocycles. The lowest BCUT2D eigenvalue weighted by molar-refractivity contribution is -0.121. The fraction of sp³-hybridized carbons (Fsp3) is 0.426. The summed E-state index contributed by atoms with van der Waals surface area (Å²) in [6, 6.07) is 12.3. The molecular weight excluding hydrogens is 827 g/mol. The van der Waals surface area contributed by atoms with Crippen molar-refractivity contribution in [1.29, 1.82) is 0 Å². The molecule has 2 atom stereocenters. The van der Waals surface area contributed by atoms with Crippen LogP contribution in [0.4, 0.5) is 11.4 Å². The molecule has 2 fully saturated rings. The Morgan fingerprint density at radius 3 is 1.73 bits per heavy atom. The molecule has 0 unspecified atom stereocenters. The van der Waals surface area contributed by atoms with Gasteiger partial charge in [0.2, 0.25) is 5.91 Å². The van der Waals surface area contributed by atoms with Crippen LogP contribution in [0.1, 0.15) is 85.2 Å². The number of rotatable bonds is 16. The number of thiol groups is 2. The summed E-state index contributed by atoms with van der Waals surface area (Å²) in [5.74, 6) is 1.94. The molecule has 3 aromatic rings. The first-order valence-electron chi connectivity index (χ1n) is 20.9. The third kappa shape index (κ3) is 9.94. The average Bonchev–Trinajstić information content (AvgIpc) is 3.84. The van der Waals surface area contributed by atoms with E-state index < -0.39 is 0 Å². The van der Waals surface area contributed by atoms with Gasteiger partial charge in [-0.15, -0.1) is 0 Å². The molecule has 62 heavy (non-hydrogen) atoms. The Bertz CT molecular complexity index is 2200. The van der Waals surface area contributed by atoms with Crippen molar-refractivity contribution in [3.63, 3.8) is 0 Å². The van der Waals surface area contributed by atoms with Crippen molar-refractivity contribution in [1.82, 2.24) is 15.1 Å². The Balaban J connectivity index is 1.09. The van der Waals surface area contributed by atoms with E-state index >= 15 is 0 Å². The van der Waals surface area contributed by atoms with Gasteiger partial charge in [-0.1, -0.05) is 37.1 Å². The SMILES string of the molecule is C/C=C1/C[C@H]2C=Nc3cc(OCc4cc(COc5cc6c(cc5OC)C(=O)N5C/C(=C/C)C[C@H]5C=N6)cc(OCCNC(=O)CCC(C)(C)C(S)S)c4)c(OC)cc3C(=O)N2C1. The number of carbonyl (C=O) groups excluding carboxylic acids is 3. The van der Waals surface area contributed by atoms with E-state index in [0.717, 1.165) is 24.0 Å². The second-order valence-electron chi connectivity index (χ2n) is 16.5. The minimum Gasteiger partial charge on any atom is -0.493 e. The third-order valence-corrected chi connectivity index (χ3v) is 13.2. The molecule has 4 aliphatic rings. The van der Waals surface area contributed by atoms with Gasteiger partial charge in [-0.25, -0.2) is 0 Å². The van der Waals surface area contributed by atoms with Gasteiger partial charge in [0.15, 0.2) is 23.0 Å². The van der Waals surface area contributed by atoms with Gasteiger partial charge in [0.25, 0.3) is 11.8 Å². The summed E-state index contributed by atoms with van der Waals surface area (Å²) < 4.78 is 30.2. The molecule has 3 amide bonds. The summed E-state index contributed by atoms with van der Waals surface area (Å²) in [5, 5.41) is 2.94. The zero-order chi connectivity index (χ0) is 44.1. The van der Waals surface area contributed by atoms with E-state index in [0.29, 0.717) is 83.7 Å². The highest BCUT2D eigenvalue weighted by atomic mass is 32.2. The Kier molecular flexibility index (Phi) is 13.9. The minimum absolute atomic E-state index is 0.0763. The number of carbonyl (C=O) groups is 3. The molecule has 1 N–H and O–H groups in total. The Morgan fingerprint density at radius 1 is 0.774 bits per heavy atom. The van der Waals surface area contributed by atoms with Crippen LogP contribution in [-0.4, -0.2) is 97.1 Å². The topological polar surface area (TPSA) is 141 Å². The molecule has 2 saturated heterocycles. The van der Waals surface area contributed by atoms with E-state index in [2.05, 4.69) is 42.7 Å². The predicted molar refractivity (Wildman–Crippen MR) is 247 cm³/mol. The fourth-order valence-electron chi connectivity index (χ4n) is 7.84. The van der Waals surface area contributed by atoms with Crippen molar-refractivity contribution in [3.8, 4) is 28.7 Å². The molecule has 0 aromatic heterocycles. The Morgan fingerprint density at radius 2 is 1.27 bits per heavy atom. The highest BCUT2D eigenvalue weighted by molar-refractivity contribution is 7.99. The molecule has 4 heterocycles. The number of allylic oxidation sites excluding steroid dienone is 2. The quantitative estimate of drug-likeness (QED) is 0.0568. The summed E-state index contributed by atoms with van der Waals surface area (Å²) >= 11 is 8.88. The van der Waals surface area contributed by atoms with Crippen molar-refractivity contribution in [3.05, 3.63) is 88.0 Å². The first-order chi connectivity index (χ1) is 29.8. The number of ether oxygens (including phenoxy) is 5. The molecule has 0 aliphatic carbocycles. The number of fused-ring (bicyclic) bond motifs is 4. The summed E-state index contributed by atoms with van der Waals surface area (Å²) in [5.41, 5.74) is 5.66. The monoisotopic (exact) mass is 881 g/mol. The van der Waals surface area contributed by atoms with Crippen molar-refractivity contribution in [2.75, 3.05) is 40.5 Å². The van der Waals surface area contributed by atoms with Gasteiger partial charge < -0.3 is 38.8 Å². The van der Waals surface area contributed by atoms with Crippen LogP contribution < -0.4 is 29.0 Å². The lowest BCUT2D eigenvalue weighted by atomic mass is 9.89. The number of methoxy groups -OCH3 is 2. The number of hydrogen-bond acceptors (Lipinski definition) is 12. The van der Waals surface area contributed by atoms with Gasteiger partial charge in [-0.3, -0.25) is 24.4 Å². The average molecular weight is 882 g/mol. The molecule has 0 spiro atoms. The smallest absolute Gasteiger partial charge is 0.257 e. The number of benzene rings is 3. The first kappa shape index (κ1) is 44.6. The highest BCUT2D eigenvalue weighted by Crippen LogP contribution is 2.41. The largest absolute Gasteiger partial charge is 0.493 e. The van der Waals surface area contributed by atoms with Crippen LogP contribution in [-0.2, 0) is 18.0 Å². The van der Waals surface area contributed by atoms with E-state index in [1.54, 1.807) is 24.3 Å². The van der Waals surface area contributed by atoms with Crippen molar-refractivity contribution in [2.24, 2.45) is 15.4 Å². The maximum atomic E-state index is 13.7. The molecule has 0 bridgehead atoms. The van der Waals surface area contributed by atoms with Crippen molar-refractivity contribution >= 4 is 66.8 Å². The summed E-state index contributed by atoms with van der Waals surface area (Å²) in [7, 11) is 3.08. The Hall–Kier alpha value is -5.41. The summed E-state index contributed by atoms with van der Waals surface area (Å²) in [4.78, 5) is 53.1. The predicted octanol–water partition coefficient (Wildman–Crippen LogP) is 8.10. The maximum Gasteiger partial charge on any atom is 0.257 e. The van der Waals surface area contributed by atoms with Gasteiger partial charge in [0.05, 0.1) is 55.3 Å². The molecule has 328 valence electrons. The van der Waals surface area contributed by atoms with Crippen molar-refractivity contribution < 1.29 is 38.1 Å². The normalized spacial score (nSPS) is 19.2. The molecule has 0 saturated carbocycles. The zero-order valence-corrected chi connectivity index (χ0v) is 37.9. The van der Waals surface area contributed by atoms with Crippen LogP contribution in [0.3, 0.4) is 0 Å². The first-order valence-corrected chi connectivity index (χ1v) is 21.9. The molecular formula is C47H55N5O8S2. The van der Waals surface area contributed by atoms with E-state index in [9.17, 15) is 14.4 Å². The molecule has 0 radical (unpaired) electrons. The van der Waals surface area contributed by atoms with Crippen LogP contribution in [0.2, 0.25) is 0 Å². The number of amides is 3. The second kappa shape index (κ2) is 19.3. The minimum atomic E-state index is -0.205. The summed E-state index contributed by atoms with van der Waals surface area (Å²) in [6.07, 6.45) is 10.3. The maximum absolute atomic E-state index is 13.7. The standard InChI is InChI=1S/C47H55N5O8S2/c1-7-28-14-32-22-49-37-20-41(39(56-5)18-35(37)44(54)51(32)24-28)59-26-30-13-31(17-34(16-30)58-12-11-48-43(53)9-10-47(3,4)46(61)62)27-60-42-21-38-36(19-40(42)57-6)45(55)52-25-29(8-2)15-33(52)23-50-38/h7-8,13,16-23,32-33,46,61-62H,9-12,14-15,24-27H2,1-6H3,(H,48,53)/b28-7-,29-8+/t32-,33-/m0/s1. The van der Waals surface area contributed by atoms with Gasteiger partial charge in [0, 0.05) is 48.7 Å². The zero-order valence-electron chi connectivity index (χ0n) is 36.1. The summed E-state index contributed by atoms with van der Waals surface area (Å²) in [6.45, 7) is 9.94. The molecule has 15 heteroatoms. The third-order valence-electron chi connectivity index (χ3n) is 11.8. The van der Waals surface area contributed by atoms with Crippen LogP contribution in [0.15, 0.2) is 75.7 Å². The number of hydrogen-bond donors (Lipinski definition) is 3. The molecule has 3 aromatic carbocycles. The van der Waals surface area contributed by atoms with Gasteiger partial charge in [0.1, 0.15) is 25.6 Å².